The summed E-state index contributed by atoms with van der Waals surface area (Å²) in [6.45, 7) is -0.487. The van der Waals surface area contributed by atoms with E-state index in [1.807, 2.05) is 6.07 Å². The number of esters is 1. The smallest absolute Gasteiger partial charge is 0.338 e. The zero-order chi connectivity index (χ0) is 15.9. The second-order valence-corrected chi connectivity index (χ2v) is 4.44. The van der Waals surface area contributed by atoms with E-state index in [0.717, 1.165) is 0 Å². The first kappa shape index (κ1) is 15.2. The Kier molecular flexibility index (Phi) is 4.87. The van der Waals surface area contributed by atoms with Gasteiger partial charge in [-0.25, -0.2) is 4.79 Å². The van der Waals surface area contributed by atoms with Gasteiger partial charge < -0.3 is 15.8 Å². The van der Waals surface area contributed by atoms with E-state index in [9.17, 15) is 14.4 Å². The Morgan fingerprint density at radius 1 is 0.955 bits per heavy atom. The SMILES string of the molecule is NC(=O)COC(=O)c1cccc(NC(=O)c2ccccc2)c1. The highest BCUT2D eigenvalue weighted by atomic mass is 16.5. The van der Waals surface area contributed by atoms with Gasteiger partial charge in [0.1, 0.15) is 0 Å². The topological polar surface area (TPSA) is 98.5 Å². The number of nitrogens with two attached hydrogens (primary N) is 1. The maximum Gasteiger partial charge on any atom is 0.338 e. The molecule has 0 atom stereocenters. The minimum absolute atomic E-state index is 0.215. The molecule has 0 aliphatic rings. The monoisotopic (exact) mass is 298 g/mol. The van der Waals surface area contributed by atoms with Gasteiger partial charge in [-0.15, -0.1) is 0 Å². The summed E-state index contributed by atoms with van der Waals surface area (Å²) in [5, 5.41) is 2.68. The third-order valence-corrected chi connectivity index (χ3v) is 2.74. The van der Waals surface area contributed by atoms with E-state index in [1.54, 1.807) is 36.4 Å². The average Bonchev–Trinajstić information content (AvgIpc) is 2.53. The predicted molar refractivity (Wildman–Crippen MR) is 80.3 cm³/mol. The first-order valence-electron chi connectivity index (χ1n) is 6.48. The fourth-order valence-corrected chi connectivity index (χ4v) is 1.74. The van der Waals surface area contributed by atoms with E-state index in [4.69, 9.17) is 10.5 Å². The molecule has 2 rings (SSSR count). The highest BCUT2D eigenvalue weighted by molar-refractivity contribution is 6.04. The van der Waals surface area contributed by atoms with Gasteiger partial charge in [0.15, 0.2) is 6.61 Å². The van der Waals surface area contributed by atoms with E-state index >= 15 is 0 Å². The second kappa shape index (κ2) is 7.03. The maximum absolute atomic E-state index is 12.0. The molecule has 0 fully saturated rings. The van der Waals surface area contributed by atoms with Crippen molar-refractivity contribution in [3.05, 3.63) is 65.7 Å². The van der Waals surface area contributed by atoms with E-state index in [1.165, 1.54) is 12.1 Å². The highest BCUT2D eigenvalue weighted by Gasteiger charge is 2.11. The number of primary amides is 1. The van der Waals surface area contributed by atoms with E-state index in [-0.39, 0.29) is 11.5 Å². The number of benzene rings is 2. The number of amides is 2. The van der Waals surface area contributed by atoms with Crippen LogP contribution in [0.4, 0.5) is 5.69 Å². The van der Waals surface area contributed by atoms with Gasteiger partial charge in [-0.1, -0.05) is 24.3 Å². The molecular formula is C16H14N2O4. The Hall–Kier alpha value is -3.15. The van der Waals surface area contributed by atoms with Gasteiger partial charge in [0, 0.05) is 11.3 Å². The molecule has 2 amide bonds. The van der Waals surface area contributed by atoms with Crippen molar-refractivity contribution in [1.29, 1.82) is 0 Å². The summed E-state index contributed by atoms with van der Waals surface area (Å²) in [6.07, 6.45) is 0. The molecule has 0 saturated heterocycles. The largest absolute Gasteiger partial charge is 0.452 e. The third kappa shape index (κ3) is 4.17. The quantitative estimate of drug-likeness (QED) is 0.819. The molecular weight excluding hydrogens is 284 g/mol. The molecule has 112 valence electrons. The lowest BCUT2D eigenvalue weighted by Crippen LogP contribution is -2.21. The number of carbonyl (C=O) groups excluding carboxylic acids is 3. The number of hydrogen-bond acceptors (Lipinski definition) is 4. The molecule has 2 aromatic carbocycles. The molecule has 0 radical (unpaired) electrons. The Labute approximate surface area is 126 Å². The summed E-state index contributed by atoms with van der Waals surface area (Å²) < 4.78 is 4.71. The molecule has 3 N–H and O–H groups in total. The average molecular weight is 298 g/mol. The molecule has 6 nitrogen and oxygen atoms in total. The van der Waals surface area contributed by atoms with Gasteiger partial charge in [-0.3, -0.25) is 9.59 Å². The molecule has 0 aromatic heterocycles. The van der Waals surface area contributed by atoms with Crippen LogP contribution in [0.3, 0.4) is 0 Å². The van der Waals surface area contributed by atoms with Crippen LogP contribution >= 0.6 is 0 Å². The third-order valence-electron chi connectivity index (χ3n) is 2.74. The van der Waals surface area contributed by atoms with E-state index in [2.05, 4.69) is 5.32 Å². The fraction of sp³-hybridized carbons (Fsp3) is 0.0625. The standard InChI is InChI=1S/C16H14N2O4/c17-14(19)10-22-16(21)12-7-4-8-13(9-12)18-15(20)11-5-2-1-3-6-11/h1-9H,10H2,(H2,17,19)(H,18,20). The van der Waals surface area contributed by atoms with Crippen LogP contribution < -0.4 is 11.1 Å². The van der Waals surface area contributed by atoms with Crippen LogP contribution in [0.5, 0.6) is 0 Å². The van der Waals surface area contributed by atoms with Gasteiger partial charge in [0.2, 0.25) is 0 Å². The van der Waals surface area contributed by atoms with Gasteiger partial charge in [-0.2, -0.15) is 0 Å². The Balaban J connectivity index is 2.07. The molecule has 0 bridgehead atoms. The lowest BCUT2D eigenvalue weighted by Gasteiger charge is -2.07. The van der Waals surface area contributed by atoms with Crippen molar-refractivity contribution in [2.24, 2.45) is 5.73 Å². The fourth-order valence-electron chi connectivity index (χ4n) is 1.74. The summed E-state index contributed by atoms with van der Waals surface area (Å²) >= 11 is 0. The summed E-state index contributed by atoms with van der Waals surface area (Å²) in [4.78, 5) is 34.3. The van der Waals surface area contributed by atoms with Crippen LogP contribution in [-0.2, 0) is 9.53 Å². The van der Waals surface area contributed by atoms with Gasteiger partial charge in [-0.05, 0) is 30.3 Å². The van der Waals surface area contributed by atoms with Gasteiger partial charge in [0.05, 0.1) is 5.56 Å². The molecule has 2 aromatic rings. The Morgan fingerprint density at radius 2 is 1.64 bits per heavy atom. The van der Waals surface area contributed by atoms with Crippen LogP contribution in [0.2, 0.25) is 0 Å². The van der Waals surface area contributed by atoms with Crippen molar-refractivity contribution >= 4 is 23.5 Å². The minimum atomic E-state index is -0.734. The predicted octanol–water partition coefficient (Wildman–Crippen LogP) is 1.58. The zero-order valence-electron chi connectivity index (χ0n) is 11.6. The second-order valence-electron chi connectivity index (χ2n) is 4.44. The number of carbonyl (C=O) groups is 3. The van der Waals surface area contributed by atoms with Crippen LogP contribution in [0.1, 0.15) is 20.7 Å². The maximum atomic E-state index is 12.0. The van der Waals surface area contributed by atoms with Crippen molar-refractivity contribution in [3.63, 3.8) is 0 Å². The van der Waals surface area contributed by atoms with Crippen molar-refractivity contribution in [2.75, 3.05) is 11.9 Å². The first-order valence-corrected chi connectivity index (χ1v) is 6.48. The lowest BCUT2D eigenvalue weighted by molar-refractivity contribution is -0.121. The van der Waals surface area contributed by atoms with E-state index < -0.39 is 18.5 Å². The number of anilines is 1. The molecule has 0 aliphatic heterocycles. The number of rotatable bonds is 5. The highest BCUT2D eigenvalue weighted by Crippen LogP contribution is 2.13. The van der Waals surface area contributed by atoms with Gasteiger partial charge >= 0.3 is 5.97 Å². The minimum Gasteiger partial charge on any atom is -0.452 e. The normalized spacial score (nSPS) is 9.82. The van der Waals surface area contributed by atoms with Crippen LogP contribution in [0.25, 0.3) is 0 Å². The van der Waals surface area contributed by atoms with Crippen molar-refractivity contribution in [2.45, 2.75) is 0 Å². The Bertz CT molecular complexity index is 698. The van der Waals surface area contributed by atoms with Crippen LogP contribution in [0.15, 0.2) is 54.6 Å². The summed E-state index contributed by atoms with van der Waals surface area (Å²) in [7, 11) is 0. The summed E-state index contributed by atoms with van der Waals surface area (Å²) in [6, 6.07) is 14.9. The molecule has 0 saturated carbocycles. The molecule has 6 heteroatoms. The molecule has 0 heterocycles. The van der Waals surface area contributed by atoms with Crippen molar-refractivity contribution < 1.29 is 19.1 Å². The molecule has 22 heavy (non-hydrogen) atoms. The number of ether oxygens (including phenoxy) is 1. The molecule has 0 unspecified atom stereocenters. The zero-order valence-corrected chi connectivity index (χ0v) is 11.6. The first-order chi connectivity index (χ1) is 10.6. The van der Waals surface area contributed by atoms with Crippen molar-refractivity contribution in [1.82, 2.24) is 0 Å². The number of nitrogens with one attached hydrogen (secondary N) is 1. The summed E-state index contributed by atoms with van der Waals surface area (Å²) in [5.74, 6) is -1.71. The van der Waals surface area contributed by atoms with Crippen LogP contribution in [0, 0.1) is 0 Å². The molecule has 0 aliphatic carbocycles. The molecule has 0 spiro atoms. The summed E-state index contributed by atoms with van der Waals surface area (Å²) in [5.41, 5.74) is 6.07. The van der Waals surface area contributed by atoms with Gasteiger partial charge in [0.25, 0.3) is 11.8 Å². The Morgan fingerprint density at radius 3 is 2.32 bits per heavy atom. The number of hydrogen-bond donors (Lipinski definition) is 2. The van der Waals surface area contributed by atoms with Crippen molar-refractivity contribution in [3.8, 4) is 0 Å². The van der Waals surface area contributed by atoms with E-state index in [0.29, 0.717) is 11.3 Å². The lowest BCUT2D eigenvalue weighted by atomic mass is 10.2. The van der Waals surface area contributed by atoms with Crippen LogP contribution in [-0.4, -0.2) is 24.4 Å².